The standard InChI is InChI=1S/C27H37NO5/c1-3-14-28(22-18-24(19-22)30-16-17-32-26-7-5-6-15-31-26)27(29)25(4-2)33-23-12-10-21(11-13-23)20-8-9-20/h3-4,10-13,20,22,24,26H,1,5-9,14-19H2,2H3/b25-4+/t22-,24+,26?. The lowest BCUT2D eigenvalue weighted by Crippen LogP contribution is -2.51. The summed E-state index contributed by atoms with van der Waals surface area (Å²) in [4.78, 5) is 15.1. The van der Waals surface area contributed by atoms with Gasteiger partial charge in [0.2, 0.25) is 0 Å². The molecule has 1 aromatic carbocycles. The first-order valence-corrected chi connectivity index (χ1v) is 12.4. The fraction of sp³-hybridized carbons (Fsp3) is 0.593. The van der Waals surface area contributed by atoms with Crippen molar-refractivity contribution in [1.29, 1.82) is 0 Å². The van der Waals surface area contributed by atoms with Crippen molar-refractivity contribution in [3.8, 4) is 5.75 Å². The van der Waals surface area contributed by atoms with Gasteiger partial charge >= 0.3 is 0 Å². The molecule has 1 saturated heterocycles. The molecular weight excluding hydrogens is 418 g/mol. The van der Waals surface area contributed by atoms with Crippen LogP contribution in [0.2, 0.25) is 0 Å². The van der Waals surface area contributed by atoms with Crippen molar-refractivity contribution >= 4 is 5.91 Å². The Labute approximate surface area is 197 Å². The summed E-state index contributed by atoms with van der Waals surface area (Å²) in [7, 11) is 0. The number of hydrogen-bond acceptors (Lipinski definition) is 5. The number of benzene rings is 1. The number of amides is 1. The van der Waals surface area contributed by atoms with Crippen molar-refractivity contribution in [3.63, 3.8) is 0 Å². The van der Waals surface area contributed by atoms with Gasteiger partial charge in [-0.1, -0.05) is 18.2 Å². The number of allylic oxidation sites excluding steroid dienone is 1. The number of carbonyl (C=O) groups is 1. The van der Waals surface area contributed by atoms with Gasteiger partial charge in [0.05, 0.1) is 19.3 Å². The van der Waals surface area contributed by atoms with Crippen molar-refractivity contribution in [2.45, 2.75) is 76.2 Å². The minimum absolute atomic E-state index is 0.0821. The van der Waals surface area contributed by atoms with E-state index < -0.39 is 0 Å². The van der Waals surface area contributed by atoms with E-state index in [1.54, 1.807) is 12.2 Å². The number of rotatable bonds is 12. The van der Waals surface area contributed by atoms with Crippen LogP contribution in [0.15, 0.2) is 48.8 Å². The molecule has 0 aromatic heterocycles. The summed E-state index contributed by atoms with van der Waals surface area (Å²) < 4.78 is 23.2. The van der Waals surface area contributed by atoms with Crippen LogP contribution in [-0.2, 0) is 19.0 Å². The van der Waals surface area contributed by atoms with Crippen LogP contribution in [0.1, 0.15) is 63.4 Å². The Bertz CT molecular complexity index is 804. The van der Waals surface area contributed by atoms with Crippen LogP contribution >= 0.6 is 0 Å². The molecule has 2 saturated carbocycles. The molecule has 0 radical (unpaired) electrons. The summed E-state index contributed by atoms with van der Waals surface area (Å²) in [5, 5.41) is 0. The normalized spacial score (nSPS) is 25.2. The zero-order valence-electron chi connectivity index (χ0n) is 19.7. The second-order valence-electron chi connectivity index (χ2n) is 9.13. The highest BCUT2D eigenvalue weighted by molar-refractivity contribution is 5.92. The molecule has 4 rings (SSSR count). The lowest BCUT2D eigenvalue weighted by atomic mass is 9.87. The summed E-state index contributed by atoms with van der Waals surface area (Å²) in [6.07, 6.45) is 11.0. The predicted octanol–water partition coefficient (Wildman–Crippen LogP) is 4.95. The van der Waals surface area contributed by atoms with E-state index in [1.807, 2.05) is 24.0 Å². The summed E-state index contributed by atoms with van der Waals surface area (Å²) >= 11 is 0. The molecule has 33 heavy (non-hydrogen) atoms. The van der Waals surface area contributed by atoms with Crippen LogP contribution in [0.4, 0.5) is 0 Å². The third-order valence-electron chi connectivity index (χ3n) is 6.61. The zero-order valence-corrected chi connectivity index (χ0v) is 19.7. The molecule has 1 atom stereocenters. The Hall–Kier alpha value is -2.15. The van der Waals surface area contributed by atoms with Gasteiger partial charge in [0, 0.05) is 19.2 Å². The first-order chi connectivity index (χ1) is 16.2. The SMILES string of the molecule is C=CCN(C(=O)/C(=C\C)Oc1ccc(C2CC2)cc1)[C@H]1C[C@@H](OCCOC2CCCCO2)C1. The molecule has 0 N–H and O–H groups in total. The molecule has 6 heteroatoms. The van der Waals surface area contributed by atoms with Crippen molar-refractivity contribution in [2.75, 3.05) is 26.4 Å². The monoisotopic (exact) mass is 455 g/mol. The fourth-order valence-corrected chi connectivity index (χ4v) is 4.42. The summed E-state index contributed by atoms with van der Waals surface area (Å²) in [6.45, 7) is 8.03. The molecule has 1 aromatic rings. The minimum Gasteiger partial charge on any atom is -0.452 e. The van der Waals surface area contributed by atoms with E-state index in [9.17, 15) is 4.79 Å². The molecule has 1 unspecified atom stereocenters. The van der Waals surface area contributed by atoms with Gasteiger partial charge in [-0.25, -0.2) is 0 Å². The van der Waals surface area contributed by atoms with E-state index in [0.717, 1.165) is 38.7 Å². The van der Waals surface area contributed by atoms with Crippen LogP contribution in [0, 0.1) is 0 Å². The largest absolute Gasteiger partial charge is 0.452 e. The van der Waals surface area contributed by atoms with Gasteiger partial charge in [-0.05, 0) is 81.6 Å². The van der Waals surface area contributed by atoms with Crippen molar-refractivity contribution in [1.82, 2.24) is 4.90 Å². The van der Waals surface area contributed by atoms with Gasteiger partial charge in [-0.2, -0.15) is 0 Å². The van der Waals surface area contributed by atoms with Gasteiger partial charge in [0.25, 0.3) is 5.91 Å². The average Bonchev–Trinajstić information content (AvgIpc) is 3.66. The first kappa shape index (κ1) is 24.0. The van der Waals surface area contributed by atoms with Crippen molar-refractivity contribution in [3.05, 3.63) is 54.3 Å². The van der Waals surface area contributed by atoms with E-state index >= 15 is 0 Å². The van der Waals surface area contributed by atoms with Gasteiger partial charge in [0.1, 0.15) is 5.75 Å². The van der Waals surface area contributed by atoms with Crippen molar-refractivity contribution < 1.29 is 23.7 Å². The molecule has 6 nitrogen and oxygen atoms in total. The highest BCUT2D eigenvalue weighted by Gasteiger charge is 2.37. The highest BCUT2D eigenvalue weighted by Crippen LogP contribution is 2.40. The topological polar surface area (TPSA) is 57.2 Å². The Morgan fingerprint density at radius 1 is 1.12 bits per heavy atom. The third-order valence-corrected chi connectivity index (χ3v) is 6.61. The van der Waals surface area contributed by atoms with Gasteiger partial charge < -0.3 is 23.8 Å². The zero-order chi connectivity index (χ0) is 23.0. The average molecular weight is 456 g/mol. The third kappa shape index (κ3) is 6.69. The van der Waals surface area contributed by atoms with E-state index in [4.69, 9.17) is 18.9 Å². The second-order valence-corrected chi connectivity index (χ2v) is 9.13. The Morgan fingerprint density at radius 3 is 2.52 bits per heavy atom. The maximum Gasteiger partial charge on any atom is 0.289 e. The molecule has 0 spiro atoms. The van der Waals surface area contributed by atoms with Crippen LogP contribution in [-0.4, -0.2) is 55.6 Å². The fourth-order valence-electron chi connectivity index (χ4n) is 4.42. The maximum atomic E-state index is 13.2. The number of carbonyl (C=O) groups excluding carboxylic acids is 1. The van der Waals surface area contributed by atoms with Crippen LogP contribution in [0.3, 0.4) is 0 Å². The van der Waals surface area contributed by atoms with Crippen LogP contribution < -0.4 is 4.74 Å². The van der Waals surface area contributed by atoms with Crippen LogP contribution in [0.5, 0.6) is 5.75 Å². The molecule has 1 aliphatic heterocycles. The van der Waals surface area contributed by atoms with E-state index in [0.29, 0.717) is 37.2 Å². The molecule has 3 fully saturated rings. The second kappa shape index (κ2) is 11.8. The maximum absolute atomic E-state index is 13.2. The van der Waals surface area contributed by atoms with Gasteiger partial charge in [0.15, 0.2) is 12.0 Å². The van der Waals surface area contributed by atoms with Crippen molar-refractivity contribution in [2.24, 2.45) is 0 Å². The number of ether oxygens (including phenoxy) is 4. The van der Waals surface area contributed by atoms with E-state index in [1.165, 1.54) is 18.4 Å². The minimum atomic E-state index is -0.107. The van der Waals surface area contributed by atoms with E-state index in [-0.39, 0.29) is 24.3 Å². The van der Waals surface area contributed by atoms with E-state index in [2.05, 4.69) is 18.7 Å². The summed E-state index contributed by atoms with van der Waals surface area (Å²) in [6, 6.07) is 8.24. The summed E-state index contributed by atoms with van der Waals surface area (Å²) in [5.41, 5.74) is 1.35. The van der Waals surface area contributed by atoms with Gasteiger partial charge in [-0.15, -0.1) is 6.58 Å². The molecule has 1 heterocycles. The molecule has 1 amide bonds. The summed E-state index contributed by atoms with van der Waals surface area (Å²) in [5.74, 6) is 1.63. The Kier molecular flexibility index (Phi) is 8.59. The molecule has 180 valence electrons. The number of nitrogens with zero attached hydrogens (tertiary/aromatic N) is 1. The molecule has 3 aliphatic rings. The molecule has 2 aliphatic carbocycles. The first-order valence-electron chi connectivity index (χ1n) is 12.4. The predicted molar refractivity (Wildman–Crippen MR) is 127 cm³/mol. The highest BCUT2D eigenvalue weighted by atomic mass is 16.7. The lowest BCUT2D eigenvalue weighted by molar-refractivity contribution is -0.175. The number of hydrogen-bond donors (Lipinski definition) is 0. The van der Waals surface area contributed by atoms with Gasteiger partial charge in [-0.3, -0.25) is 4.79 Å². The smallest absolute Gasteiger partial charge is 0.289 e. The van der Waals surface area contributed by atoms with Crippen LogP contribution in [0.25, 0.3) is 0 Å². The molecular formula is C27H37NO5. The molecule has 0 bridgehead atoms. The Balaban J connectivity index is 1.22. The quantitative estimate of drug-likeness (QED) is 0.193. The Morgan fingerprint density at radius 2 is 1.88 bits per heavy atom. The lowest BCUT2D eigenvalue weighted by Gasteiger charge is -2.42.